The summed E-state index contributed by atoms with van der Waals surface area (Å²) in [5, 5.41) is 4.03. The molecule has 0 bridgehead atoms. The molecule has 1 N–H and O–H groups in total. The van der Waals surface area contributed by atoms with Crippen LogP contribution in [-0.4, -0.2) is 16.1 Å². The van der Waals surface area contributed by atoms with Gasteiger partial charge in [0.05, 0.1) is 12.2 Å². The zero-order chi connectivity index (χ0) is 7.84. The molecule has 0 saturated carbocycles. The van der Waals surface area contributed by atoms with Crippen LogP contribution >= 0.6 is 11.6 Å². The summed E-state index contributed by atoms with van der Waals surface area (Å²) in [6.45, 7) is 4.71. The van der Waals surface area contributed by atoms with Gasteiger partial charge < -0.3 is 9.88 Å². The molecule has 1 aromatic heterocycles. The average molecular weight is 172 g/mol. The fraction of sp³-hybridized carbons (Fsp3) is 0.571. The van der Waals surface area contributed by atoms with E-state index in [1.165, 1.54) is 0 Å². The van der Waals surface area contributed by atoms with Crippen molar-refractivity contribution in [3.05, 3.63) is 16.7 Å². The molecular formula is C7H10ClN3. The normalized spacial score (nSPS) is 16.5. The quantitative estimate of drug-likeness (QED) is 0.630. The molecule has 2 rings (SSSR count). The largest absolute Gasteiger partial charge is 0.317 e. The summed E-state index contributed by atoms with van der Waals surface area (Å²) >= 11 is 6.00. The average Bonchev–Trinajstić information content (AvgIpc) is 2.30. The lowest BCUT2D eigenvalue weighted by molar-refractivity contribution is 0.506. The first-order valence-electron chi connectivity index (χ1n) is 3.71. The molecule has 3 nitrogen and oxygen atoms in total. The van der Waals surface area contributed by atoms with Gasteiger partial charge in [-0.15, -0.1) is 0 Å². The Morgan fingerprint density at radius 3 is 3.18 bits per heavy atom. The first kappa shape index (κ1) is 7.13. The minimum atomic E-state index is 0.793. The van der Waals surface area contributed by atoms with Crippen LogP contribution in [-0.2, 0) is 13.1 Å². The summed E-state index contributed by atoms with van der Waals surface area (Å²) < 4.78 is 2.06. The van der Waals surface area contributed by atoms with Crippen LogP contribution in [0.5, 0.6) is 0 Å². The van der Waals surface area contributed by atoms with Gasteiger partial charge in [0, 0.05) is 13.1 Å². The van der Waals surface area contributed by atoms with Gasteiger partial charge in [-0.2, -0.15) is 0 Å². The van der Waals surface area contributed by atoms with Gasteiger partial charge in [0.15, 0.2) is 0 Å². The first-order valence-corrected chi connectivity index (χ1v) is 4.09. The van der Waals surface area contributed by atoms with E-state index in [9.17, 15) is 0 Å². The highest BCUT2D eigenvalue weighted by Crippen LogP contribution is 2.18. The van der Waals surface area contributed by atoms with Crippen LogP contribution in [0.1, 0.15) is 11.5 Å². The lowest BCUT2D eigenvalue weighted by atomic mass is 10.4. The van der Waals surface area contributed by atoms with Crippen molar-refractivity contribution >= 4 is 11.6 Å². The molecule has 2 heterocycles. The second-order valence-electron chi connectivity index (χ2n) is 2.73. The highest BCUT2D eigenvalue weighted by atomic mass is 35.5. The van der Waals surface area contributed by atoms with Crippen molar-refractivity contribution in [1.82, 2.24) is 14.9 Å². The maximum absolute atomic E-state index is 6.00. The van der Waals surface area contributed by atoms with E-state index in [1.807, 2.05) is 6.92 Å². The topological polar surface area (TPSA) is 29.9 Å². The molecule has 0 aliphatic carbocycles. The molecule has 0 unspecified atom stereocenters. The summed E-state index contributed by atoms with van der Waals surface area (Å²) in [7, 11) is 0. The number of imidazole rings is 1. The van der Waals surface area contributed by atoms with E-state index in [0.717, 1.165) is 36.3 Å². The number of hydrogen-bond donors (Lipinski definition) is 1. The van der Waals surface area contributed by atoms with Crippen LogP contribution < -0.4 is 5.32 Å². The molecule has 0 radical (unpaired) electrons. The molecule has 1 aliphatic rings. The summed E-state index contributed by atoms with van der Waals surface area (Å²) in [6.07, 6.45) is 0. The number of aryl methyl sites for hydroxylation is 1. The van der Waals surface area contributed by atoms with E-state index < -0.39 is 0 Å². The molecule has 60 valence electrons. The van der Waals surface area contributed by atoms with Crippen molar-refractivity contribution in [3.8, 4) is 0 Å². The predicted octanol–water partition coefficient (Wildman–Crippen LogP) is 0.948. The van der Waals surface area contributed by atoms with Gasteiger partial charge in [-0.3, -0.25) is 0 Å². The summed E-state index contributed by atoms with van der Waals surface area (Å²) in [4.78, 5) is 4.32. The Balaban J connectivity index is 2.50. The lowest BCUT2D eigenvalue weighted by Gasteiger charge is -2.15. The van der Waals surface area contributed by atoms with Crippen molar-refractivity contribution < 1.29 is 0 Å². The predicted molar refractivity (Wildman–Crippen MR) is 43.7 cm³/mol. The van der Waals surface area contributed by atoms with Crippen LogP contribution in [0.15, 0.2) is 0 Å². The molecule has 1 aliphatic heterocycles. The monoisotopic (exact) mass is 171 g/mol. The molecule has 0 saturated heterocycles. The fourth-order valence-electron chi connectivity index (χ4n) is 1.36. The van der Waals surface area contributed by atoms with Crippen LogP contribution in [0, 0.1) is 6.92 Å². The van der Waals surface area contributed by atoms with Gasteiger partial charge in [0.1, 0.15) is 11.0 Å². The maximum Gasteiger partial charge on any atom is 0.131 e. The third kappa shape index (κ3) is 1.04. The number of hydrogen-bond acceptors (Lipinski definition) is 2. The molecule has 1 aromatic rings. The minimum Gasteiger partial charge on any atom is -0.317 e. The Hall–Kier alpha value is -0.540. The van der Waals surface area contributed by atoms with E-state index in [4.69, 9.17) is 11.6 Å². The van der Waals surface area contributed by atoms with Crippen LogP contribution in [0.25, 0.3) is 0 Å². The van der Waals surface area contributed by atoms with E-state index in [2.05, 4.69) is 14.9 Å². The smallest absolute Gasteiger partial charge is 0.131 e. The summed E-state index contributed by atoms with van der Waals surface area (Å²) in [6, 6.07) is 0. The zero-order valence-corrected chi connectivity index (χ0v) is 7.15. The van der Waals surface area contributed by atoms with Gasteiger partial charge in [-0.1, -0.05) is 11.6 Å². The molecule has 0 amide bonds. The molecule has 0 fully saturated rings. The van der Waals surface area contributed by atoms with Gasteiger partial charge >= 0.3 is 0 Å². The minimum absolute atomic E-state index is 0.793. The van der Waals surface area contributed by atoms with Crippen LogP contribution in [0.3, 0.4) is 0 Å². The second-order valence-corrected chi connectivity index (χ2v) is 3.09. The van der Waals surface area contributed by atoms with E-state index in [-0.39, 0.29) is 0 Å². The lowest BCUT2D eigenvalue weighted by Crippen LogP contribution is -2.28. The van der Waals surface area contributed by atoms with Crippen molar-refractivity contribution in [1.29, 1.82) is 0 Å². The van der Waals surface area contributed by atoms with E-state index in [0.29, 0.717) is 0 Å². The number of rotatable bonds is 0. The highest BCUT2D eigenvalue weighted by Gasteiger charge is 2.14. The van der Waals surface area contributed by atoms with Gasteiger partial charge in [0.25, 0.3) is 0 Å². The Bertz CT molecular complexity index is 279. The first-order chi connectivity index (χ1) is 5.29. The fourth-order valence-corrected chi connectivity index (χ4v) is 1.59. The Morgan fingerprint density at radius 1 is 1.64 bits per heavy atom. The SMILES string of the molecule is Cc1nc2n(c1Cl)CCNC2. The number of halogens is 1. The van der Waals surface area contributed by atoms with Crippen molar-refractivity contribution in [2.24, 2.45) is 0 Å². The van der Waals surface area contributed by atoms with Gasteiger partial charge in [-0.05, 0) is 6.92 Å². The molecule has 11 heavy (non-hydrogen) atoms. The molecular weight excluding hydrogens is 162 g/mol. The third-order valence-electron chi connectivity index (χ3n) is 1.94. The number of nitrogens with zero attached hydrogens (tertiary/aromatic N) is 2. The Kier molecular flexibility index (Phi) is 1.62. The Labute approximate surface area is 70.4 Å². The zero-order valence-electron chi connectivity index (χ0n) is 6.39. The van der Waals surface area contributed by atoms with E-state index in [1.54, 1.807) is 0 Å². The molecule has 0 aromatic carbocycles. The highest BCUT2D eigenvalue weighted by molar-refractivity contribution is 6.30. The van der Waals surface area contributed by atoms with E-state index >= 15 is 0 Å². The van der Waals surface area contributed by atoms with Gasteiger partial charge in [0.2, 0.25) is 0 Å². The van der Waals surface area contributed by atoms with Crippen molar-refractivity contribution in [3.63, 3.8) is 0 Å². The summed E-state index contributed by atoms with van der Waals surface area (Å²) in [5.41, 5.74) is 0.936. The Morgan fingerprint density at radius 2 is 2.45 bits per heavy atom. The third-order valence-corrected chi connectivity index (χ3v) is 2.42. The number of aromatic nitrogens is 2. The van der Waals surface area contributed by atoms with Crippen molar-refractivity contribution in [2.75, 3.05) is 6.54 Å². The number of fused-ring (bicyclic) bond motifs is 1. The molecule has 0 spiro atoms. The molecule has 4 heteroatoms. The number of nitrogens with one attached hydrogen (secondary N) is 1. The maximum atomic E-state index is 6.00. The molecule has 0 atom stereocenters. The standard InChI is InChI=1S/C7H10ClN3/c1-5-7(8)11-3-2-9-4-6(11)10-5/h9H,2-4H2,1H3. The second kappa shape index (κ2) is 2.50. The van der Waals surface area contributed by atoms with Crippen LogP contribution in [0.2, 0.25) is 5.15 Å². The van der Waals surface area contributed by atoms with Gasteiger partial charge in [-0.25, -0.2) is 4.98 Å². The van der Waals surface area contributed by atoms with Crippen LogP contribution in [0.4, 0.5) is 0 Å². The van der Waals surface area contributed by atoms with Crippen molar-refractivity contribution in [2.45, 2.75) is 20.0 Å². The summed E-state index contributed by atoms with van der Waals surface area (Å²) in [5.74, 6) is 1.05.